The Labute approximate surface area is 185 Å². The quantitative estimate of drug-likeness (QED) is 0.446. The molecule has 1 N–H and O–H groups in total. The highest BCUT2D eigenvalue weighted by molar-refractivity contribution is 6.25. The maximum absolute atomic E-state index is 11.3. The van der Waals surface area contributed by atoms with Crippen LogP contribution in [0.4, 0.5) is 0 Å². The number of aryl methyl sites for hydroxylation is 1. The average Bonchev–Trinajstić information content (AvgIpc) is 2.76. The molecule has 0 aliphatic heterocycles. The van der Waals surface area contributed by atoms with Crippen LogP contribution in [0.2, 0.25) is 0 Å². The summed E-state index contributed by atoms with van der Waals surface area (Å²) in [5.74, 6) is -1.12. The van der Waals surface area contributed by atoms with Crippen LogP contribution >= 0.6 is 11.6 Å². The molecule has 0 aliphatic rings. The smallest absolute Gasteiger partial charge is 0.335 e. The topological polar surface area (TPSA) is 86.9 Å². The number of hydrogen-bond donors (Lipinski definition) is 1. The summed E-state index contributed by atoms with van der Waals surface area (Å²) >= 11 is 5.71. The van der Waals surface area contributed by atoms with Crippen LogP contribution in [-0.2, 0) is 6.42 Å². The number of carboxylic acid groups (broad SMARTS) is 1. The Morgan fingerprint density at radius 1 is 1.30 bits per heavy atom. The van der Waals surface area contributed by atoms with Gasteiger partial charge in [0.05, 0.1) is 23.0 Å². The van der Waals surface area contributed by atoms with Crippen molar-refractivity contribution in [3.05, 3.63) is 71.3 Å². The van der Waals surface area contributed by atoms with Gasteiger partial charge in [-0.3, -0.25) is 9.97 Å². The monoisotopic (exact) mass is 429 g/mol. The summed E-state index contributed by atoms with van der Waals surface area (Å²) in [6, 6.07) is 6.85. The lowest BCUT2D eigenvalue weighted by atomic mass is 9.94. The van der Waals surface area contributed by atoms with E-state index in [2.05, 4.69) is 16.0 Å². The van der Waals surface area contributed by atoms with Gasteiger partial charge in [0.2, 0.25) is 0 Å². The Kier molecular flexibility index (Phi) is 15.6. The molecule has 0 fully saturated rings. The van der Waals surface area contributed by atoms with Crippen molar-refractivity contribution in [3.8, 4) is 6.07 Å². The molecule has 1 aromatic heterocycles. The summed E-state index contributed by atoms with van der Waals surface area (Å²) in [4.78, 5) is 20.4. The fourth-order valence-electron chi connectivity index (χ4n) is 2.70. The van der Waals surface area contributed by atoms with Gasteiger partial charge in [0, 0.05) is 29.8 Å². The van der Waals surface area contributed by atoms with Crippen molar-refractivity contribution in [1.29, 1.82) is 5.26 Å². The van der Waals surface area contributed by atoms with Crippen molar-refractivity contribution in [2.45, 2.75) is 59.3 Å². The zero-order chi connectivity index (χ0) is 22.8. The number of nitrogens with zero attached hydrogens (tertiary/aromatic N) is 3. The molecule has 6 heteroatoms. The molecule has 2 unspecified atom stereocenters. The van der Waals surface area contributed by atoms with Crippen LogP contribution in [0.5, 0.6) is 0 Å². The third-order valence-electron chi connectivity index (χ3n) is 4.26. The van der Waals surface area contributed by atoms with Gasteiger partial charge in [-0.15, -0.1) is 0 Å². The largest absolute Gasteiger partial charge is 0.478 e. The molecule has 0 radical (unpaired) electrons. The van der Waals surface area contributed by atoms with Crippen molar-refractivity contribution in [1.82, 2.24) is 9.97 Å². The first-order valence-electron chi connectivity index (χ1n) is 10.3. The van der Waals surface area contributed by atoms with Gasteiger partial charge in [0.25, 0.3) is 0 Å². The highest BCUT2D eigenvalue weighted by Gasteiger charge is 2.15. The molecule has 0 aromatic carbocycles. The number of halogens is 1. The van der Waals surface area contributed by atoms with E-state index >= 15 is 0 Å². The zero-order valence-corrected chi connectivity index (χ0v) is 19.0. The molecule has 1 rings (SSSR count). The second-order valence-corrected chi connectivity index (χ2v) is 6.43. The van der Waals surface area contributed by atoms with Gasteiger partial charge in [-0.1, -0.05) is 50.6 Å². The van der Waals surface area contributed by atoms with Crippen molar-refractivity contribution < 1.29 is 9.90 Å². The highest BCUT2D eigenvalue weighted by Crippen LogP contribution is 2.24. The van der Waals surface area contributed by atoms with Crippen LogP contribution in [0.3, 0.4) is 0 Å². The number of carboxylic acids is 1. The summed E-state index contributed by atoms with van der Waals surface area (Å²) in [7, 11) is 0. The lowest BCUT2D eigenvalue weighted by molar-refractivity contribution is 0.0697. The first-order valence-corrected chi connectivity index (χ1v) is 10.7. The summed E-state index contributed by atoms with van der Waals surface area (Å²) in [5.41, 5.74) is 3.13. The molecule has 0 spiro atoms. The predicted molar refractivity (Wildman–Crippen MR) is 123 cm³/mol. The van der Waals surface area contributed by atoms with Crippen molar-refractivity contribution in [3.63, 3.8) is 0 Å². The minimum absolute atomic E-state index is 0.0266. The molecule has 1 aromatic rings. The molecule has 162 valence electrons. The van der Waals surface area contributed by atoms with Crippen molar-refractivity contribution in [2.75, 3.05) is 0 Å². The van der Waals surface area contributed by atoms with E-state index in [0.29, 0.717) is 19.3 Å². The van der Waals surface area contributed by atoms with Crippen LogP contribution in [-0.4, -0.2) is 21.0 Å². The number of rotatable bonds is 9. The van der Waals surface area contributed by atoms with Crippen LogP contribution < -0.4 is 0 Å². The van der Waals surface area contributed by atoms with Crippen molar-refractivity contribution in [2.24, 2.45) is 5.92 Å². The fraction of sp³-hybridized carbons (Fsp3) is 0.417. The Balaban J connectivity index is 0.00000407. The normalized spacial score (nSPS) is 12.4. The molecule has 0 saturated carbocycles. The zero-order valence-electron chi connectivity index (χ0n) is 18.3. The second kappa shape index (κ2) is 17.2. The number of carbonyl (C=O) groups is 1. The van der Waals surface area contributed by atoms with E-state index in [1.165, 1.54) is 23.9 Å². The molecule has 1 heterocycles. The van der Waals surface area contributed by atoms with E-state index in [-0.39, 0.29) is 17.4 Å². The van der Waals surface area contributed by atoms with Crippen molar-refractivity contribution >= 4 is 17.6 Å². The van der Waals surface area contributed by atoms with E-state index in [9.17, 15) is 15.2 Å². The maximum Gasteiger partial charge on any atom is 0.335 e. The molecule has 0 amide bonds. The number of hydrogen-bond acceptors (Lipinski definition) is 4. The molecule has 0 bridgehead atoms. The third kappa shape index (κ3) is 10.2. The molecule has 0 saturated heterocycles. The van der Waals surface area contributed by atoms with Gasteiger partial charge < -0.3 is 5.11 Å². The van der Waals surface area contributed by atoms with E-state index < -0.39 is 5.97 Å². The van der Waals surface area contributed by atoms with Gasteiger partial charge in [0.1, 0.15) is 0 Å². The van der Waals surface area contributed by atoms with E-state index in [1.54, 1.807) is 12.3 Å². The molecule has 2 atom stereocenters. The van der Waals surface area contributed by atoms with Gasteiger partial charge in [-0.2, -0.15) is 5.26 Å². The first-order chi connectivity index (χ1) is 14.6. The summed E-state index contributed by atoms with van der Waals surface area (Å²) in [5, 5.41) is 18.5. The number of aromatic nitrogens is 2. The fourth-order valence-corrected chi connectivity index (χ4v) is 2.80. The second-order valence-electron chi connectivity index (χ2n) is 6.18. The van der Waals surface area contributed by atoms with Gasteiger partial charge in [-0.05, 0) is 50.8 Å². The molecular formula is C24H32ClN3O2. The van der Waals surface area contributed by atoms with Crippen LogP contribution in [0.25, 0.3) is 0 Å². The first kappa shape index (κ1) is 27.3. The average molecular weight is 430 g/mol. The van der Waals surface area contributed by atoms with Gasteiger partial charge in [0.15, 0.2) is 0 Å². The SMILES string of the molecule is C/C=C\C(C/C=C/Cl)c1ncccc(C(=O)O)ccnc1CCC(C#N)CC.CC. The summed E-state index contributed by atoms with van der Waals surface area (Å²) < 4.78 is 0. The standard InChI is InChI=1S/C22H26ClN3O2.C2H6/c1-3-7-18(8-5-13-23)21-20(11-10-17(4-2)16-24)25-15-12-19(22(27)28)9-6-14-26-21;1-2/h3,5-7,9,12-15,17-18H,4,8,10-11H2,1-2H3,(H,27,28);1-2H3/b7-3-,9-6?,13-5+,14-6?,15-12?,19-9?,19-12?,21-20?,25-15?,25-20?,26-14?,26-21?;. The third-order valence-corrected chi connectivity index (χ3v) is 4.44. The predicted octanol–water partition coefficient (Wildman–Crippen LogP) is 6.61. The van der Waals surface area contributed by atoms with Gasteiger partial charge >= 0.3 is 5.97 Å². The van der Waals surface area contributed by atoms with E-state index in [0.717, 1.165) is 17.8 Å². The summed E-state index contributed by atoms with van der Waals surface area (Å²) in [6.07, 6.45) is 11.6. The van der Waals surface area contributed by atoms with Crippen LogP contribution in [0.15, 0.2) is 54.4 Å². The Morgan fingerprint density at radius 3 is 2.60 bits per heavy atom. The highest BCUT2D eigenvalue weighted by atomic mass is 35.5. The summed E-state index contributed by atoms with van der Waals surface area (Å²) in [6.45, 7) is 7.92. The van der Waals surface area contributed by atoms with Crippen LogP contribution in [0.1, 0.15) is 74.6 Å². The lowest BCUT2D eigenvalue weighted by Crippen LogP contribution is -2.06. The number of allylic oxidation sites excluding steroid dienone is 3. The lowest BCUT2D eigenvalue weighted by Gasteiger charge is -2.13. The number of nitriles is 1. The Hall–Kier alpha value is -2.71. The Bertz CT molecular complexity index is 799. The minimum Gasteiger partial charge on any atom is -0.478 e. The van der Waals surface area contributed by atoms with E-state index in [4.69, 9.17) is 11.6 Å². The van der Waals surface area contributed by atoms with E-state index in [1.807, 2.05) is 45.9 Å². The van der Waals surface area contributed by atoms with Crippen LogP contribution in [0, 0.1) is 17.2 Å². The molecule has 0 aliphatic carbocycles. The molecular weight excluding hydrogens is 398 g/mol. The van der Waals surface area contributed by atoms with Gasteiger partial charge in [-0.25, -0.2) is 4.79 Å². The Morgan fingerprint density at radius 2 is 2.03 bits per heavy atom. The number of aromatic carboxylic acids is 1. The molecule has 30 heavy (non-hydrogen) atoms. The minimum atomic E-state index is -1.03. The maximum atomic E-state index is 11.3. The molecule has 5 nitrogen and oxygen atoms in total.